The van der Waals surface area contributed by atoms with E-state index in [4.69, 9.17) is 24.7 Å². The van der Waals surface area contributed by atoms with E-state index in [-0.39, 0.29) is 26.1 Å². The molecule has 0 heterocycles. The number of carboxylic acid groups (broad SMARTS) is 1. The van der Waals surface area contributed by atoms with E-state index in [1.165, 1.54) is 19.2 Å². The molecule has 166 valence electrons. The lowest BCUT2D eigenvalue weighted by Gasteiger charge is -2.13. The predicted molar refractivity (Wildman–Crippen MR) is 118 cm³/mol. The van der Waals surface area contributed by atoms with Crippen molar-refractivity contribution in [1.82, 2.24) is 0 Å². The molecule has 2 N–H and O–H groups in total. The minimum Gasteiger partial charge on any atom is -0.493 e. The normalized spacial score (nSPS) is 10.4. The Bertz CT molecular complexity index is 1080. The minimum atomic E-state index is -0.969. The van der Waals surface area contributed by atoms with Crippen molar-refractivity contribution in [2.75, 3.05) is 13.7 Å². The van der Waals surface area contributed by atoms with E-state index in [2.05, 4.69) is 0 Å². The molecule has 3 rings (SSSR count). The largest absolute Gasteiger partial charge is 0.493 e. The second-order valence-electron chi connectivity index (χ2n) is 7.05. The second-order valence-corrected chi connectivity index (χ2v) is 7.05. The topological polar surface area (TPSA) is 88.8 Å². The van der Waals surface area contributed by atoms with Crippen LogP contribution in [0.25, 0.3) is 0 Å². The summed E-state index contributed by atoms with van der Waals surface area (Å²) in [6.07, 6.45) is -0.00198. The Kier molecular flexibility index (Phi) is 7.80. The van der Waals surface area contributed by atoms with Crippen LogP contribution in [0.3, 0.4) is 0 Å². The fourth-order valence-electron chi connectivity index (χ4n) is 3.02. The summed E-state index contributed by atoms with van der Waals surface area (Å²) in [6, 6.07) is 19.0. The van der Waals surface area contributed by atoms with Gasteiger partial charge in [0.05, 0.1) is 12.8 Å². The predicted octanol–water partition coefficient (Wildman–Crippen LogP) is 4.88. The Labute approximate surface area is 185 Å². The molecule has 0 bridgehead atoms. The van der Waals surface area contributed by atoms with Crippen LogP contribution in [-0.2, 0) is 17.8 Å². The summed E-state index contributed by atoms with van der Waals surface area (Å²) in [4.78, 5) is 10.6. The van der Waals surface area contributed by atoms with Gasteiger partial charge in [-0.3, -0.25) is 4.79 Å². The first-order valence-corrected chi connectivity index (χ1v) is 10.0. The Morgan fingerprint density at radius 1 is 1.00 bits per heavy atom. The number of aryl methyl sites for hydroxylation is 1. The van der Waals surface area contributed by atoms with Gasteiger partial charge in [0.2, 0.25) is 0 Å². The lowest BCUT2D eigenvalue weighted by molar-refractivity contribution is -0.136. The van der Waals surface area contributed by atoms with Crippen molar-refractivity contribution in [1.29, 1.82) is 5.41 Å². The molecule has 0 saturated carbocycles. The lowest BCUT2D eigenvalue weighted by Crippen LogP contribution is -2.12. The maximum atomic E-state index is 14.1. The number of methoxy groups -OCH3 is 1. The van der Waals surface area contributed by atoms with E-state index in [9.17, 15) is 9.18 Å². The molecule has 0 radical (unpaired) electrons. The minimum absolute atomic E-state index is 0.101. The zero-order valence-electron chi connectivity index (χ0n) is 17.6. The molecule has 0 spiro atoms. The molecule has 0 aliphatic carbocycles. The van der Waals surface area contributed by atoms with Gasteiger partial charge in [-0.2, -0.15) is 0 Å². The first-order chi connectivity index (χ1) is 15.5. The van der Waals surface area contributed by atoms with Crippen LogP contribution < -0.4 is 14.2 Å². The fraction of sp³-hybridized carbons (Fsp3) is 0.200. The van der Waals surface area contributed by atoms with Crippen molar-refractivity contribution in [3.8, 4) is 17.2 Å². The number of hydrogen-bond donors (Lipinski definition) is 2. The fourth-order valence-corrected chi connectivity index (χ4v) is 3.02. The molecule has 3 aromatic rings. The third-order valence-electron chi connectivity index (χ3n) is 4.76. The van der Waals surface area contributed by atoms with Gasteiger partial charge in [0, 0.05) is 12.5 Å². The van der Waals surface area contributed by atoms with Crippen molar-refractivity contribution in [3.63, 3.8) is 0 Å². The molecule has 6 nitrogen and oxygen atoms in total. The number of benzene rings is 3. The van der Waals surface area contributed by atoms with E-state index in [1.54, 1.807) is 18.2 Å². The van der Waals surface area contributed by atoms with Gasteiger partial charge in [-0.25, -0.2) is 4.39 Å². The van der Waals surface area contributed by atoms with E-state index < -0.39 is 11.8 Å². The maximum Gasteiger partial charge on any atom is 0.303 e. The first-order valence-electron chi connectivity index (χ1n) is 10.0. The molecule has 0 unspecified atom stereocenters. The second kappa shape index (κ2) is 10.9. The van der Waals surface area contributed by atoms with E-state index in [0.717, 1.165) is 11.1 Å². The zero-order chi connectivity index (χ0) is 22.9. The smallest absolute Gasteiger partial charge is 0.303 e. The molecule has 32 heavy (non-hydrogen) atoms. The number of rotatable bonds is 11. The Morgan fingerprint density at radius 3 is 2.47 bits per heavy atom. The van der Waals surface area contributed by atoms with Gasteiger partial charge in [-0.1, -0.05) is 42.5 Å². The van der Waals surface area contributed by atoms with Crippen LogP contribution in [0.15, 0.2) is 66.7 Å². The molecule has 0 aliphatic heterocycles. The third kappa shape index (κ3) is 6.31. The van der Waals surface area contributed by atoms with Crippen molar-refractivity contribution >= 4 is 11.7 Å². The van der Waals surface area contributed by atoms with E-state index in [1.807, 2.05) is 36.4 Å². The molecular weight excluding hydrogens is 413 g/mol. The standard InChI is InChI=1S/C25H24FNO5/c1-30-24-13-17(7-11-23(24)32-16-22(27)19-5-3-2-4-6-19)15-31-20-10-8-18(21(26)14-20)9-12-25(28)29/h2-8,10-11,13-14,27H,9,12,15-16H2,1H3,(H,28,29). The molecular formula is C25H24FNO5. The summed E-state index contributed by atoms with van der Waals surface area (Å²) < 4.78 is 31.0. The molecule has 7 heteroatoms. The highest BCUT2D eigenvalue weighted by atomic mass is 19.1. The first kappa shape index (κ1) is 22.8. The number of halogens is 1. The van der Waals surface area contributed by atoms with Crippen LogP contribution in [0.5, 0.6) is 17.2 Å². The van der Waals surface area contributed by atoms with E-state index >= 15 is 0 Å². The summed E-state index contributed by atoms with van der Waals surface area (Å²) in [7, 11) is 1.53. The van der Waals surface area contributed by atoms with Gasteiger partial charge in [-0.05, 0) is 41.3 Å². The Balaban J connectivity index is 1.59. The molecule has 0 aromatic heterocycles. The number of hydrogen-bond acceptors (Lipinski definition) is 5. The number of aliphatic carboxylic acids is 1. The van der Waals surface area contributed by atoms with Gasteiger partial charge < -0.3 is 24.7 Å². The maximum absolute atomic E-state index is 14.1. The molecule has 0 saturated heterocycles. The molecule has 0 fully saturated rings. The summed E-state index contributed by atoms with van der Waals surface area (Å²) in [5, 5.41) is 16.9. The van der Waals surface area contributed by atoms with Crippen LogP contribution in [0.2, 0.25) is 0 Å². The summed E-state index contributed by atoms with van der Waals surface area (Å²) in [5.74, 6) is -0.112. The molecule has 0 amide bonds. The Hall–Kier alpha value is -3.87. The molecule has 0 atom stereocenters. The highest BCUT2D eigenvalue weighted by molar-refractivity contribution is 5.99. The number of carboxylic acids is 1. The molecule has 3 aromatic carbocycles. The Morgan fingerprint density at radius 2 is 1.78 bits per heavy atom. The third-order valence-corrected chi connectivity index (χ3v) is 4.76. The highest BCUT2D eigenvalue weighted by Gasteiger charge is 2.10. The SMILES string of the molecule is COc1cc(COc2ccc(CCC(=O)O)c(F)c2)ccc1OCC(=N)c1ccccc1. The van der Waals surface area contributed by atoms with Gasteiger partial charge in [0.15, 0.2) is 11.5 Å². The summed E-state index contributed by atoms with van der Waals surface area (Å²) in [5.41, 5.74) is 2.28. The van der Waals surface area contributed by atoms with Crippen LogP contribution in [0, 0.1) is 11.2 Å². The lowest BCUT2D eigenvalue weighted by atomic mass is 10.1. The van der Waals surface area contributed by atoms with Crippen molar-refractivity contribution < 1.29 is 28.5 Å². The van der Waals surface area contributed by atoms with Crippen molar-refractivity contribution in [2.45, 2.75) is 19.4 Å². The number of ether oxygens (including phenoxy) is 3. The average molecular weight is 437 g/mol. The quantitative estimate of drug-likeness (QED) is 0.418. The van der Waals surface area contributed by atoms with Gasteiger partial charge in [-0.15, -0.1) is 0 Å². The van der Waals surface area contributed by atoms with Crippen LogP contribution >= 0.6 is 0 Å². The van der Waals surface area contributed by atoms with Crippen LogP contribution in [-0.4, -0.2) is 30.5 Å². The zero-order valence-corrected chi connectivity index (χ0v) is 17.6. The van der Waals surface area contributed by atoms with Gasteiger partial charge in [0.25, 0.3) is 0 Å². The highest BCUT2D eigenvalue weighted by Crippen LogP contribution is 2.29. The van der Waals surface area contributed by atoms with Gasteiger partial charge in [0.1, 0.15) is 24.8 Å². The van der Waals surface area contributed by atoms with E-state index in [0.29, 0.717) is 28.5 Å². The number of nitrogens with one attached hydrogen (secondary N) is 1. The summed E-state index contributed by atoms with van der Waals surface area (Å²) in [6.45, 7) is 0.286. The van der Waals surface area contributed by atoms with Crippen LogP contribution in [0.1, 0.15) is 23.1 Å². The average Bonchev–Trinajstić information content (AvgIpc) is 2.81. The van der Waals surface area contributed by atoms with Gasteiger partial charge >= 0.3 is 5.97 Å². The van der Waals surface area contributed by atoms with Crippen molar-refractivity contribution in [2.24, 2.45) is 0 Å². The van der Waals surface area contributed by atoms with Crippen LogP contribution in [0.4, 0.5) is 4.39 Å². The summed E-state index contributed by atoms with van der Waals surface area (Å²) >= 11 is 0. The monoisotopic (exact) mass is 437 g/mol. The molecule has 0 aliphatic rings. The van der Waals surface area contributed by atoms with Crippen molar-refractivity contribution in [3.05, 3.63) is 89.2 Å². The number of carbonyl (C=O) groups is 1.